The molecular formula is C7H10N2O2S. The Balaban J connectivity index is 2.71. The molecule has 0 bridgehead atoms. The Kier molecular flexibility index (Phi) is 2.65. The van der Waals surface area contributed by atoms with Crippen molar-refractivity contribution in [1.82, 2.24) is 4.98 Å². The van der Waals surface area contributed by atoms with Gasteiger partial charge in [0.2, 0.25) is 0 Å². The maximum atomic E-state index is 10.6. The quantitative estimate of drug-likeness (QED) is 0.766. The number of hydrogen-bond donors (Lipinski definition) is 1. The largest absolute Gasteiger partial charge is 0.480 e. The zero-order valence-electron chi connectivity index (χ0n) is 6.89. The molecule has 4 nitrogen and oxygen atoms in total. The molecule has 0 spiro atoms. The molecule has 1 heterocycles. The Morgan fingerprint density at radius 1 is 1.83 bits per heavy atom. The second-order valence-corrected chi connectivity index (χ2v) is 3.19. The number of carbonyl (C=O) groups is 1. The van der Waals surface area contributed by atoms with Crippen molar-refractivity contribution in [3.05, 3.63) is 10.9 Å². The van der Waals surface area contributed by atoms with Crippen LogP contribution in [0.25, 0.3) is 0 Å². The van der Waals surface area contributed by atoms with Gasteiger partial charge in [-0.3, -0.25) is 0 Å². The van der Waals surface area contributed by atoms with Crippen LogP contribution in [0.4, 0.5) is 5.82 Å². The summed E-state index contributed by atoms with van der Waals surface area (Å²) in [5.41, 5.74) is 1.68. The molecule has 0 aliphatic carbocycles. The number of carboxylic acid groups (broad SMARTS) is 1. The van der Waals surface area contributed by atoms with Gasteiger partial charge in [0.1, 0.15) is 11.9 Å². The summed E-state index contributed by atoms with van der Waals surface area (Å²) in [5.74, 6) is -0.139. The van der Waals surface area contributed by atoms with Crippen LogP contribution in [-0.4, -0.2) is 29.1 Å². The SMILES string of the molecule is C[C@@H](C(=O)O)N(C)c1cscn1. The molecular weight excluding hydrogens is 176 g/mol. The number of anilines is 1. The summed E-state index contributed by atoms with van der Waals surface area (Å²) in [7, 11) is 1.72. The first-order chi connectivity index (χ1) is 5.63. The minimum atomic E-state index is -0.842. The van der Waals surface area contributed by atoms with E-state index in [-0.39, 0.29) is 0 Å². The van der Waals surface area contributed by atoms with Gasteiger partial charge < -0.3 is 10.0 Å². The van der Waals surface area contributed by atoms with Crippen LogP contribution in [-0.2, 0) is 4.79 Å². The molecule has 1 N–H and O–H groups in total. The zero-order valence-corrected chi connectivity index (χ0v) is 7.71. The van der Waals surface area contributed by atoms with Crippen molar-refractivity contribution >= 4 is 23.1 Å². The van der Waals surface area contributed by atoms with Crippen LogP contribution in [0, 0.1) is 0 Å². The second kappa shape index (κ2) is 3.53. The third-order valence-electron chi connectivity index (χ3n) is 1.72. The van der Waals surface area contributed by atoms with Gasteiger partial charge in [-0.1, -0.05) is 0 Å². The average Bonchev–Trinajstić information content (AvgIpc) is 2.53. The highest BCUT2D eigenvalue weighted by Gasteiger charge is 2.17. The summed E-state index contributed by atoms with van der Waals surface area (Å²) in [6.45, 7) is 1.63. The van der Waals surface area contributed by atoms with Crippen molar-refractivity contribution in [2.75, 3.05) is 11.9 Å². The summed E-state index contributed by atoms with van der Waals surface area (Å²) in [5, 5.41) is 10.5. The Morgan fingerprint density at radius 2 is 2.50 bits per heavy atom. The summed E-state index contributed by atoms with van der Waals surface area (Å²) < 4.78 is 0. The number of nitrogens with zero attached hydrogens (tertiary/aromatic N) is 2. The third kappa shape index (κ3) is 1.73. The van der Waals surface area contributed by atoms with Crippen molar-refractivity contribution in [3.8, 4) is 0 Å². The predicted molar refractivity (Wildman–Crippen MR) is 47.6 cm³/mol. The molecule has 5 heteroatoms. The highest BCUT2D eigenvalue weighted by molar-refractivity contribution is 7.07. The predicted octanol–water partition coefficient (Wildman–Crippen LogP) is 1.05. The van der Waals surface area contributed by atoms with E-state index < -0.39 is 12.0 Å². The second-order valence-electron chi connectivity index (χ2n) is 2.47. The lowest BCUT2D eigenvalue weighted by Crippen LogP contribution is -2.35. The maximum Gasteiger partial charge on any atom is 0.326 e. The van der Waals surface area contributed by atoms with Gasteiger partial charge in [0.25, 0.3) is 0 Å². The van der Waals surface area contributed by atoms with Crippen molar-refractivity contribution in [1.29, 1.82) is 0 Å². The minimum absolute atomic E-state index is 0.535. The summed E-state index contributed by atoms with van der Waals surface area (Å²) in [6, 6.07) is -0.535. The molecule has 0 fully saturated rings. The van der Waals surface area contributed by atoms with Gasteiger partial charge in [-0.2, -0.15) is 0 Å². The fraction of sp³-hybridized carbons (Fsp3) is 0.429. The van der Waals surface area contributed by atoms with E-state index in [2.05, 4.69) is 4.98 Å². The van der Waals surface area contributed by atoms with E-state index in [9.17, 15) is 4.79 Å². The lowest BCUT2D eigenvalue weighted by molar-refractivity contribution is -0.138. The molecule has 0 unspecified atom stereocenters. The molecule has 0 amide bonds. The molecule has 0 aliphatic heterocycles. The molecule has 0 saturated heterocycles. The molecule has 1 atom stereocenters. The first-order valence-electron chi connectivity index (χ1n) is 3.46. The third-order valence-corrected chi connectivity index (χ3v) is 2.29. The lowest BCUT2D eigenvalue weighted by Gasteiger charge is -2.20. The number of hydrogen-bond acceptors (Lipinski definition) is 4. The van der Waals surface area contributed by atoms with Crippen LogP contribution < -0.4 is 4.90 Å². The Morgan fingerprint density at radius 3 is 2.92 bits per heavy atom. The van der Waals surface area contributed by atoms with Gasteiger partial charge >= 0.3 is 5.97 Å². The minimum Gasteiger partial charge on any atom is -0.480 e. The zero-order chi connectivity index (χ0) is 9.14. The van der Waals surface area contributed by atoms with Gasteiger partial charge in [-0.15, -0.1) is 11.3 Å². The number of likely N-dealkylation sites (N-methyl/N-ethyl adjacent to an activating group) is 1. The molecule has 66 valence electrons. The number of aromatic nitrogens is 1. The normalized spacial score (nSPS) is 12.5. The monoisotopic (exact) mass is 186 g/mol. The molecule has 12 heavy (non-hydrogen) atoms. The van der Waals surface area contributed by atoms with E-state index >= 15 is 0 Å². The summed E-state index contributed by atoms with van der Waals surface area (Å²) >= 11 is 1.45. The van der Waals surface area contributed by atoms with Crippen molar-refractivity contribution in [2.45, 2.75) is 13.0 Å². The van der Waals surface area contributed by atoms with Crippen molar-refractivity contribution in [3.63, 3.8) is 0 Å². The molecule has 1 aromatic heterocycles. The fourth-order valence-electron chi connectivity index (χ4n) is 0.744. The molecule has 1 aromatic rings. The van der Waals surface area contributed by atoms with E-state index in [1.807, 2.05) is 5.38 Å². The number of aliphatic carboxylic acids is 1. The van der Waals surface area contributed by atoms with Gasteiger partial charge in [-0.25, -0.2) is 9.78 Å². The van der Waals surface area contributed by atoms with Gasteiger partial charge in [0, 0.05) is 12.4 Å². The van der Waals surface area contributed by atoms with E-state index in [1.54, 1.807) is 24.4 Å². The maximum absolute atomic E-state index is 10.6. The van der Waals surface area contributed by atoms with Crippen LogP contribution in [0.3, 0.4) is 0 Å². The van der Waals surface area contributed by atoms with Crippen molar-refractivity contribution < 1.29 is 9.90 Å². The smallest absolute Gasteiger partial charge is 0.326 e. The van der Waals surface area contributed by atoms with Gasteiger partial charge in [0.15, 0.2) is 0 Å². The highest BCUT2D eigenvalue weighted by atomic mass is 32.1. The van der Waals surface area contributed by atoms with E-state index in [1.165, 1.54) is 11.3 Å². The number of rotatable bonds is 3. The molecule has 0 radical (unpaired) electrons. The number of carboxylic acids is 1. The first kappa shape index (κ1) is 8.99. The molecule has 0 aromatic carbocycles. The molecule has 0 saturated carbocycles. The van der Waals surface area contributed by atoms with E-state index in [0.717, 1.165) is 0 Å². The van der Waals surface area contributed by atoms with Crippen molar-refractivity contribution in [2.24, 2.45) is 0 Å². The highest BCUT2D eigenvalue weighted by Crippen LogP contribution is 2.14. The van der Waals surface area contributed by atoms with Crippen LogP contribution in [0.2, 0.25) is 0 Å². The topological polar surface area (TPSA) is 53.4 Å². The summed E-state index contributed by atoms with van der Waals surface area (Å²) in [6.07, 6.45) is 0. The average molecular weight is 186 g/mol. The van der Waals surface area contributed by atoms with Crippen LogP contribution in [0.5, 0.6) is 0 Å². The Labute approximate surface area is 74.5 Å². The fourth-order valence-corrected chi connectivity index (χ4v) is 1.32. The van der Waals surface area contributed by atoms with Gasteiger partial charge in [-0.05, 0) is 6.92 Å². The number of thiazole rings is 1. The molecule has 1 rings (SSSR count). The van der Waals surface area contributed by atoms with Crippen LogP contribution in [0.15, 0.2) is 10.9 Å². The van der Waals surface area contributed by atoms with Gasteiger partial charge in [0.05, 0.1) is 5.51 Å². The van der Waals surface area contributed by atoms with E-state index in [4.69, 9.17) is 5.11 Å². The Hall–Kier alpha value is -1.10. The first-order valence-corrected chi connectivity index (χ1v) is 4.41. The standard InChI is InChI=1S/C7H10N2O2S/c1-5(7(10)11)9(2)6-3-12-4-8-6/h3-5H,1-2H3,(H,10,11)/t5-/m0/s1. The lowest BCUT2D eigenvalue weighted by atomic mass is 10.3. The summed E-state index contributed by atoms with van der Waals surface area (Å²) in [4.78, 5) is 16.2. The Bertz CT molecular complexity index is 260. The van der Waals surface area contributed by atoms with Crippen LogP contribution >= 0.6 is 11.3 Å². The molecule has 0 aliphatic rings. The van der Waals surface area contributed by atoms with E-state index in [0.29, 0.717) is 5.82 Å². The van der Waals surface area contributed by atoms with Crippen LogP contribution in [0.1, 0.15) is 6.92 Å².